The zero-order valence-corrected chi connectivity index (χ0v) is 15.1. The summed E-state index contributed by atoms with van der Waals surface area (Å²) in [5, 5.41) is 0. The van der Waals surface area contributed by atoms with Gasteiger partial charge in [-0.15, -0.1) is 0 Å². The number of carbonyl (C=O) groups is 1. The van der Waals surface area contributed by atoms with Crippen LogP contribution in [0.3, 0.4) is 0 Å². The molecule has 6 nitrogen and oxygen atoms in total. The van der Waals surface area contributed by atoms with E-state index in [1.807, 2.05) is 7.05 Å². The molecular weight excluding hydrogens is 333 g/mol. The third kappa shape index (κ3) is 3.76. The standard InChI is InChI=1S/C16H24FN3O3S/c1-4-20(5-2)24(22,23)13-6-7-15(17)14(12-13)16(21)19-10-8-18(3)9-11-19/h6-7,12H,4-5,8-11H2,1-3H3. The Bertz CT molecular complexity index is 697. The molecule has 0 saturated carbocycles. The van der Waals surface area contributed by atoms with Gasteiger partial charge in [0.2, 0.25) is 10.0 Å². The first kappa shape index (κ1) is 18.8. The zero-order chi connectivity index (χ0) is 17.9. The van der Waals surface area contributed by atoms with Crippen molar-refractivity contribution in [2.45, 2.75) is 18.7 Å². The molecule has 1 amide bonds. The van der Waals surface area contributed by atoms with Gasteiger partial charge in [-0.25, -0.2) is 12.8 Å². The Labute approximate surface area is 142 Å². The van der Waals surface area contributed by atoms with Gasteiger partial charge in [0.05, 0.1) is 10.5 Å². The molecule has 2 rings (SSSR count). The van der Waals surface area contributed by atoms with Crippen LogP contribution in [0, 0.1) is 5.82 Å². The van der Waals surface area contributed by atoms with Crippen molar-refractivity contribution in [1.29, 1.82) is 0 Å². The molecule has 0 aliphatic carbocycles. The molecule has 0 bridgehead atoms. The molecule has 0 atom stereocenters. The maximum absolute atomic E-state index is 14.1. The highest BCUT2D eigenvalue weighted by Crippen LogP contribution is 2.21. The average molecular weight is 357 g/mol. The summed E-state index contributed by atoms with van der Waals surface area (Å²) in [6.07, 6.45) is 0. The molecule has 0 spiro atoms. The summed E-state index contributed by atoms with van der Waals surface area (Å²) in [6.45, 7) is 6.54. The van der Waals surface area contributed by atoms with Gasteiger partial charge in [-0.1, -0.05) is 13.8 Å². The smallest absolute Gasteiger partial charge is 0.256 e. The van der Waals surface area contributed by atoms with Crippen LogP contribution in [0.1, 0.15) is 24.2 Å². The van der Waals surface area contributed by atoms with Crippen molar-refractivity contribution in [3.05, 3.63) is 29.6 Å². The van der Waals surface area contributed by atoms with E-state index in [1.165, 1.54) is 10.4 Å². The molecule has 24 heavy (non-hydrogen) atoms. The highest BCUT2D eigenvalue weighted by Gasteiger charge is 2.27. The predicted octanol–water partition coefficient (Wildman–Crippen LogP) is 1.24. The van der Waals surface area contributed by atoms with E-state index < -0.39 is 21.7 Å². The lowest BCUT2D eigenvalue weighted by atomic mass is 10.1. The highest BCUT2D eigenvalue weighted by molar-refractivity contribution is 7.89. The minimum Gasteiger partial charge on any atom is -0.336 e. The fourth-order valence-electron chi connectivity index (χ4n) is 2.72. The van der Waals surface area contributed by atoms with Crippen LogP contribution in [0.15, 0.2) is 23.1 Å². The normalized spacial score (nSPS) is 16.6. The molecule has 1 aliphatic heterocycles. The van der Waals surface area contributed by atoms with Crippen LogP contribution in [0.4, 0.5) is 4.39 Å². The summed E-state index contributed by atoms with van der Waals surface area (Å²) in [4.78, 5) is 16.2. The molecule has 1 aromatic carbocycles. The molecule has 0 unspecified atom stereocenters. The number of likely N-dealkylation sites (N-methyl/N-ethyl adjacent to an activating group) is 1. The Morgan fingerprint density at radius 2 is 1.75 bits per heavy atom. The Morgan fingerprint density at radius 3 is 2.29 bits per heavy atom. The van der Waals surface area contributed by atoms with Gasteiger partial charge in [0.15, 0.2) is 0 Å². The van der Waals surface area contributed by atoms with Crippen molar-refractivity contribution in [1.82, 2.24) is 14.1 Å². The lowest BCUT2D eigenvalue weighted by Gasteiger charge is -2.32. The summed E-state index contributed by atoms with van der Waals surface area (Å²) in [7, 11) is -1.77. The van der Waals surface area contributed by atoms with E-state index in [2.05, 4.69) is 4.90 Å². The molecule has 1 aliphatic rings. The number of hydrogen-bond donors (Lipinski definition) is 0. The van der Waals surface area contributed by atoms with Crippen molar-refractivity contribution >= 4 is 15.9 Å². The van der Waals surface area contributed by atoms with Crippen LogP contribution in [-0.2, 0) is 10.0 Å². The number of sulfonamides is 1. The molecule has 0 radical (unpaired) electrons. The van der Waals surface area contributed by atoms with Gasteiger partial charge in [-0.2, -0.15) is 4.31 Å². The van der Waals surface area contributed by atoms with Gasteiger partial charge < -0.3 is 9.80 Å². The summed E-state index contributed by atoms with van der Waals surface area (Å²) in [5.74, 6) is -1.16. The number of rotatable bonds is 5. The van der Waals surface area contributed by atoms with Crippen molar-refractivity contribution in [3.63, 3.8) is 0 Å². The number of nitrogens with zero attached hydrogens (tertiary/aromatic N) is 3. The second kappa shape index (κ2) is 7.58. The van der Waals surface area contributed by atoms with Crippen LogP contribution < -0.4 is 0 Å². The second-order valence-electron chi connectivity index (χ2n) is 5.83. The van der Waals surface area contributed by atoms with E-state index >= 15 is 0 Å². The molecule has 1 aromatic rings. The topological polar surface area (TPSA) is 60.9 Å². The first-order chi connectivity index (χ1) is 11.3. The summed E-state index contributed by atoms with van der Waals surface area (Å²) in [6, 6.07) is 3.42. The molecule has 8 heteroatoms. The van der Waals surface area contributed by atoms with Crippen LogP contribution in [0.25, 0.3) is 0 Å². The lowest BCUT2D eigenvalue weighted by molar-refractivity contribution is 0.0659. The second-order valence-corrected chi connectivity index (χ2v) is 7.76. The zero-order valence-electron chi connectivity index (χ0n) is 14.3. The van der Waals surface area contributed by atoms with Crippen LogP contribution in [0.2, 0.25) is 0 Å². The van der Waals surface area contributed by atoms with E-state index in [4.69, 9.17) is 0 Å². The fourth-order valence-corrected chi connectivity index (χ4v) is 4.21. The van der Waals surface area contributed by atoms with Crippen molar-refractivity contribution in [2.24, 2.45) is 0 Å². The molecule has 134 valence electrons. The quantitative estimate of drug-likeness (QED) is 0.796. The average Bonchev–Trinajstić information content (AvgIpc) is 2.56. The van der Waals surface area contributed by atoms with E-state index in [1.54, 1.807) is 18.7 Å². The summed E-state index contributed by atoms with van der Waals surface area (Å²) >= 11 is 0. The van der Waals surface area contributed by atoms with Crippen LogP contribution in [-0.4, -0.2) is 74.7 Å². The van der Waals surface area contributed by atoms with E-state index in [-0.39, 0.29) is 10.5 Å². The Morgan fingerprint density at radius 1 is 1.17 bits per heavy atom. The first-order valence-corrected chi connectivity index (χ1v) is 9.52. The first-order valence-electron chi connectivity index (χ1n) is 8.08. The Kier molecular flexibility index (Phi) is 5.95. The molecular formula is C16H24FN3O3S. The number of halogens is 1. The van der Waals surface area contributed by atoms with Gasteiger partial charge in [-0.3, -0.25) is 4.79 Å². The third-order valence-corrected chi connectivity index (χ3v) is 6.35. The minimum atomic E-state index is -3.73. The predicted molar refractivity (Wildman–Crippen MR) is 89.9 cm³/mol. The van der Waals surface area contributed by atoms with Crippen LogP contribution in [0.5, 0.6) is 0 Å². The van der Waals surface area contributed by atoms with Gasteiger partial charge >= 0.3 is 0 Å². The minimum absolute atomic E-state index is 0.0509. The highest BCUT2D eigenvalue weighted by atomic mass is 32.2. The summed E-state index contributed by atoms with van der Waals surface area (Å²) in [5.41, 5.74) is -0.187. The largest absolute Gasteiger partial charge is 0.336 e. The van der Waals surface area contributed by atoms with Crippen molar-refractivity contribution < 1.29 is 17.6 Å². The Hall–Kier alpha value is -1.51. The number of amides is 1. The Balaban J connectivity index is 2.34. The maximum atomic E-state index is 14.1. The number of benzene rings is 1. The van der Waals surface area contributed by atoms with Gasteiger partial charge in [0, 0.05) is 39.3 Å². The fraction of sp³-hybridized carbons (Fsp3) is 0.562. The maximum Gasteiger partial charge on any atom is 0.256 e. The number of piperazine rings is 1. The number of carbonyl (C=O) groups excluding carboxylic acids is 1. The molecule has 1 saturated heterocycles. The van der Waals surface area contributed by atoms with Crippen molar-refractivity contribution in [2.75, 3.05) is 46.3 Å². The van der Waals surface area contributed by atoms with Crippen molar-refractivity contribution in [3.8, 4) is 0 Å². The monoisotopic (exact) mass is 357 g/mol. The summed E-state index contributed by atoms with van der Waals surface area (Å²) < 4.78 is 40.6. The molecule has 1 fully saturated rings. The SMILES string of the molecule is CCN(CC)S(=O)(=O)c1ccc(F)c(C(=O)N2CCN(C)CC2)c1. The van der Waals surface area contributed by atoms with E-state index in [9.17, 15) is 17.6 Å². The third-order valence-electron chi connectivity index (χ3n) is 4.30. The number of hydrogen-bond acceptors (Lipinski definition) is 4. The van der Waals surface area contributed by atoms with Gasteiger partial charge in [0.1, 0.15) is 5.82 Å². The van der Waals surface area contributed by atoms with E-state index in [0.717, 1.165) is 12.1 Å². The molecule has 1 heterocycles. The lowest BCUT2D eigenvalue weighted by Crippen LogP contribution is -2.47. The van der Waals surface area contributed by atoms with E-state index in [0.29, 0.717) is 39.3 Å². The van der Waals surface area contributed by atoms with Gasteiger partial charge in [-0.05, 0) is 25.2 Å². The molecule has 0 aromatic heterocycles. The van der Waals surface area contributed by atoms with Gasteiger partial charge in [0.25, 0.3) is 5.91 Å². The van der Waals surface area contributed by atoms with Crippen LogP contribution >= 0.6 is 0 Å². The molecule has 0 N–H and O–H groups in total.